The third-order valence-electron chi connectivity index (χ3n) is 12.7. The van der Waals surface area contributed by atoms with E-state index in [0.29, 0.717) is 40.8 Å². The summed E-state index contributed by atoms with van der Waals surface area (Å²) < 4.78 is 12.3. The maximum absolute atomic E-state index is 10.4. The summed E-state index contributed by atoms with van der Waals surface area (Å²) in [6, 6.07) is 8.09. The van der Waals surface area contributed by atoms with Crippen LogP contribution in [0.25, 0.3) is 10.6 Å². The molecule has 1 N–H and O–H groups in total. The highest BCUT2D eigenvalue weighted by atomic mass is 32.1. The number of aliphatic hydroxyl groups excluding tert-OH is 1. The van der Waals surface area contributed by atoms with Crippen LogP contribution in [0.3, 0.4) is 0 Å². The molecule has 222 valence electrons. The van der Waals surface area contributed by atoms with E-state index < -0.39 is 0 Å². The molecular formula is C35H48N2O3S. The second-order valence-corrected chi connectivity index (χ2v) is 15.7. The first-order valence-corrected chi connectivity index (χ1v) is 17.0. The Morgan fingerprint density at radius 2 is 1.93 bits per heavy atom. The van der Waals surface area contributed by atoms with E-state index in [2.05, 4.69) is 56.1 Å². The minimum atomic E-state index is -0.123. The topological polar surface area (TPSA) is 64.5 Å². The summed E-state index contributed by atoms with van der Waals surface area (Å²) in [6.45, 7) is 9.97. The van der Waals surface area contributed by atoms with E-state index in [4.69, 9.17) is 9.47 Å². The van der Waals surface area contributed by atoms with Crippen LogP contribution in [0, 0.1) is 40.4 Å². The van der Waals surface area contributed by atoms with Crippen LogP contribution in [0.15, 0.2) is 35.9 Å². The molecular weight excluding hydrogens is 528 g/mol. The molecule has 41 heavy (non-hydrogen) atoms. The van der Waals surface area contributed by atoms with Crippen molar-refractivity contribution in [2.24, 2.45) is 40.4 Å². The van der Waals surface area contributed by atoms with Gasteiger partial charge in [0, 0.05) is 11.5 Å². The van der Waals surface area contributed by atoms with Gasteiger partial charge in [-0.15, -0.1) is 10.2 Å². The number of allylic oxidation sites excluding steroid dienone is 1. The van der Waals surface area contributed by atoms with Gasteiger partial charge >= 0.3 is 0 Å². The van der Waals surface area contributed by atoms with Crippen LogP contribution in [-0.4, -0.2) is 40.7 Å². The van der Waals surface area contributed by atoms with Crippen molar-refractivity contribution in [2.75, 3.05) is 7.11 Å². The molecule has 0 unspecified atom stereocenters. The van der Waals surface area contributed by atoms with Gasteiger partial charge in [0.15, 0.2) is 0 Å². The maximum atomic E-state index is 10.4. The molecule has 2 heterocycles. The molecule has 11 atom stereocenters. The van der Waals surface area contributed by atoms with Gasteiger partial charge in [0.2, 0.25) is 0 Å². The van der Waals surface area contributed by atoms with Crippen LogP contribution in [0.1, 0.15) is 96.4 Å². The van der Waals surface area contributed by atoms with Gasteiger partial charge in [-0.25, -0.2) is 0 Å². The van der Waals surface area contributed by atoms with E-state index in [1.165, 1.54) is 32.1 Å². The summed E-state index contributed by atoms with van der Waals surface area (Å²) in [5, 5.41) is 21.5. The Hall–Kier alpha value is -1.76. The van der Waals surface area contributed by atoms with Gasteiger partial charge in [-0.3, -0.25) is 0 Å². The fourth-order valence-electron chi connectivity index (χ4n) is 10.5. The van der Waals surface area contributed by atoms with Crippen molar-refractivity contribution in [1.82, 2.24) is 10.2 Å². The summed E-state index contributed by atoms with van der Waals surface area (Å²) in [5.74, 6) is 4.88. The minimum Gasteiger partial charge on any atom is -0.497 e. The third kappa shape index (κ3) is 4.53. The van der Waals surface area contributed by atoms with Gasteiger partial charge in [0.1, 0.15) is 15.8 Å². The highest BCUT2D eigenvalue weighted by Crippen LogP contribution is 2.69. The van der Waals surface area contributed by atoms with Crippen molar-refractivity contribution in [3.63, 3.8) is 0 Å². The van der Waals surface area contributed by atoms with Crippen LogP contribution < -0.4 is 4.74 Å². The van der Waals surface area contributed by atoms with Gasteiger partial charge in [-0.05, 0) is 122 Å². The molecule has 2 aromatic rings. The molecule has 0 bridgehead atoms. The smallest absolute Gasteiger partial charge is 0.147 e. The normalized spacial score (nSPS) is 42.0. The van der Waals surface area contributed by atoms with Gasteiger partial charge < -0.3 is 14.6 Å². The third-order valence-corrected chi connectivity index (χ3v) is 14.0. The van der Waals surface area contributed by atoms with Crippen molar-refractivity contribution in [1.29, 1.82) is 0 Å². The van der Waals surface area contributed by atoms with E-state index in [9.17, 15) is 5.11 Å². The Bertz CT molecular complexity index is 1290. The lowest BCUT2D eigenvalue weighted by molar-refractivity contribution is -0.0589. The van der Waals surface area contributed by atoms with Crippen molar-refractivity contribution in [3.05, 3.63) is 40.9 Å². The highest BCUT2D eigenvalue weighted by molar-refractivity contribution is 7.14. The Labute approximate surface area is 250 Å². The predicted octanol–water partition coefficient (Wildman–Crippen LogP) is 8.05. The molecule has 1 aromatic heterocycles. The van der Waals surface area contributed by atoms with E-state index in [1.54, 1.807) is 24.0 Å². The van der Waals surface area contributed by atoms with Crippen LogP contribution in [0.4, 0.5) is 0 Å². The first-order valence-electron chi connectivity index (χ1n) is 16.2. The predicted molar refractivity (Wildman–Crippen MR) is 164 cm³/mol. The number of hydrogen-bond acceptors (Lipinski definition) is 6. The lowest BCUT2D eigenvalue weighted by atomic mass is 9.47. The number of aromatic nitrogens is 2. The van der Waals surface area contributed by atoms with Gasteiger partial charge in [-0.1, -0.05) is 50.7 Å². The minimum absolute atomic E-state index is 0.123. The first kappa shape index (κ1) is 28.0. The zero-order chi connectivity index (χ0) is 28.5. The van der Waals surface area contributed by atoms with Gasteiger partial charge in [0.25, 0.3) is 0 Å². The number of hydrogen-bond donors (Lipinski definition) is 1. The molecule has 0 amide bonds. The lowest BCUT2D eigenvalue weighted by Crippen LogP contribution is -2.51. The number of aliphatic hydroxyl groups is 1. The molecule has 5 nitrogen and oxygen atoms in total. The van der Waals surface area contributed by atoms with Crippen LogP contribution >= 0.6 is 11.3 Å². The van der Waals surface area contributed by atoms with Gasteiger partial charge in [-0.2, -0.15) is 0 Å². The molecule has 1 aliphatic heterocycles. The molecule has 1 saturated heterocycles. The average molecular weight is 577 g/mol. The maximum Gasteiger partial charge on any atom is 0.147 e. The molecule has 6 heteroatoms. The molecule has 0 spiro atoms. The molecule has 7 rings (SSSR count). The summed E-state index contributed by atoms with van der Waals surface area (Å²) in [7, 11) is 1.69. The quantitative estimate of drug-likeness (QED) is 0.353. The Morgan fingerprint density at radius 3 is 2.71 bits per heavy atom. The molecule has 5 aliphatic rings. The number of fused-ring (bicyclic) bond motifs is 7. The fraction of sp³-hybridized carbons (Fsp3) is 0.714. The second-order valence-electron chi connectivity index (χ2n) is 14.7. The van der Waals surface area contributed by atoms with Crippen molar-refractivity contribution in [2.45, 2.75) is 110 Å². The largest absolute Gasteiger partial charge is 0.497 e. The van der Waals surface area contributed by atoms with Crippen LogP contribution in [0.2, 0.25) is 0 Å². The van der Waals surface area contributed by atoms with E-state index in [1.807, 2.05) is 12.1 Å². The Kier molecular flexibility index (Phi) is 7.15. The van der Waals surface area contributed by atoms with Crippen molar-refractivity contribution >= 4 is 11.3 Å². The number of rotatable bonds is 6. The van der Waals surface area contributed by atoms with Crippen molar-refractivity contribution in [3.8, 4) is 16.3 Å². The van der Waals surface area contributed by atoms with Crippen molar-refractivity contribution < 1.29 is 14.6 Å². The fourth-order valence-corrected chi connectivity index (χ4v) is 11.4. The summed E-state index contributed by atoms with van der Waals surface area (Å²) in [4.78, 5) is 0. The number of methoxy groups -OCH3 is 1. The standard InChI is InChI=1S/C35H48N2O3S/c1-20(32-36-37-33(41-32)22-7-10-25(39-5)11-8-22)6-13-29-21(2)31-30(40-29)19-28-26-12-9-23-18-24(38)14-16-34(23,3)27(26)15-17-35(28,31)4/h7-11,20-21,24,26-31,38H,6,12-19H2,1-5H3/t20-,21-,24+,26-,27+,28+,29-,30+,31+,34+,35+/m1/s1. The number of nitrogens with zero attached hydrogens (tertiary/aromatic N) is 2. The van der Waals surface area contributed by atoms with E-state index >= 15 is 0 Å². The summed E-state index contributed by atoms with van der Waals surface area (Å²) in [6.07, 6.45) is 13.6. The van der Waals surface area contributed by atoms with Crippen LogP contribution in [-0.2, 0) is 4.74 Å². The van der Waals surface area contributed by atoms with Crippen LogP contribution in [0.5, 0.6) is 5.75 Å². The van der Waals surface area contributed by atoms with E-state index in [-0.39, 0.29) is 6.10 Å². The zero-order valence-corrected chi connectivity index (χ0v) is 26.3. The second kappa shape index (κ2) is 10.4. The molecule has 1 aromatic carbocycles. The van der Waals surface area contributed by atoms with Gasteiger partial charge in [0.05, 0.1) is 25.4 Å². The number of benzene rings is 1. The zero-order valence-electron chi connectivity index (χ0n) is 25.5. The average Bonchev–Trinajstić information content (AvgIpc) is 3.66. The molecule has 4 fully saturated rings. The van der Waals surface area contributed by atoms with E-state index in [0.717, 1.165) is 64.8 Å². The molecule has 0 radical (unpaired) electrons. The molecule has 4 aliphatic carbocycles. The monoisotopic (exact) mass is 576 g/mol. The lowest BCUT2D eigenvalue weighted by Gasteiger charge is -2.58. The Morgan fingerprint density at radius 1 is 1.12 bits per heavy atom. The SMILES string of the molecule is COc1ccc(-c2nnc([C@H](C)CC[C@H]3O[C@H]4C[C@H]5[C@@H]6CC=C7C[C@@H](O)CC[C@]7(C)[C@H]6CC[C@]5(C)[C@H]4[C@@H]3C)s2)cc1. The highest BCUT2D eigenvalue weighted by Gasteiger charge is 2.64. The molecule has 3 saturated carbocycles. The summed E-state index contributed by atoms with van der Waals surface area (Å²) in [5.41, 5.74) is 3.38. The number of ether oxygens (including phenoxy) is 2. The summed E-state index contributed by atoms with van der Waals surface area (Å²) >= 11 is 1.72. The Balaban J connectivity index is 0.998. The first-order chi connectivity index (χ1) is 19.7.